The lowest BCUT2D eigenvalue weighted by atomic mass is 9.85. The molecule has 0 unspecified atom stereocenters. The summed E-state index contributed by atoms with van der Waals surface area (Å²) < 4.78 is 40.3. The molecule has 13 nitrogen and oxygen atoms in total. The minimum atomic E-state index is -2.02. The number of hydrogen-bond donors (Lipinski definition) is 1. The van der Waals surface area contributed by atoms with E-state index >= 15 is 4.39 Å². The molecule has 0 radical (unpaired) electrons. The van der Waals surface area contributed by atoms with E-state index in [0.717, 1.165) is 17.8 Å². The van der Waals surface area contributed by atoms with Crippen LogP contribution in [-0.2, 0) is 15.1 Å². The van der Waals surface area contributed by atoms with Crippen molar-refractivity contribution in [2.24, 2.45) is 5.10 Å². The van der Waals surface area contributed by atoms with Crippen LogP contribution in [-0.4, -0.2) is 99.1 Å². The molecule has 5 rings (SSSR count). The third-order valence-electron chi connectivity index (χ3n) is 7.13. The van der Waals surface area contributed by atoms with Crippen LogP contribution in [0.2, 0.25) is 0 Å². The number of aromatic nitrogens is 3. The highest BCUT2D eigenvalue weighted by atomic mass is 35.5. The average Bonchev–Trinajstić information content (AvgIpc) is 3.74. The number of aliphatic hydroxyl groups is 1. The van der Waals surface area contributed by atoms with Crippen LogP contribution in [0.1, 0.15) is 19.4 Å². The third-order valence-corrected chi connectivity index (χ3v) is 7.13. The number of rotatable bonds is 10. The normalized spacial score (nSPS) is 16.5. The van der Waals surface area contributed by atoms with Crippen LogP contribution in [0.5, 0.6) is 0 Å². The fourth-order valence-electron chi connectivity index (χ4n) is 4.94. The number of urea groups is 1. The Labute approximate surface area is 252 Å². The maximum absolute atomic E-state index is 15.1. The predicted molar refractivity (Wildman–Crippen MR) is 144 cm³/mol. The molecule has 16 heteroatoms. The Morgan fingerprint density at radius 3 is 2.56 bits per heavy atom. The Hall–Kier alpha value is -4.59. The lowest BCUT2D eigenvalue weighted by Gasteiger charge is -2.40. The van der Waals surface area contributed by atoms with Crippen molar-refractivity contribution in [1.82, 2.24) is 29.8 Å². The standard InChI is InChI=1S/C27H29F2N8O5.ClH/c1-3-41-26(39)42-18-33-16-31-34(17-33)15-27(40,23-9-4-20(28)14-24(23)29)19(2)35-12-13-36(25(35)38)21-5-7-22(8-6-21)37-11-10-30-32-37;/h4-11,14,19,40H,3,12-13,15,17-18H2,1-2H3;1H/q+1;/p-1/t19-,27+;/m1./s1. The number of β-amino-alcohol motifs (C(OH)–C–C–N with tert-alkyl or cyclic N) is 1. The minimum absolute atomic E-state index is 0. The van der Waals surface area contributed by atoms with E-state index in [1.165, 1.54) is 14.8 Å². The molecule has 0 bridgehead atoms. The van der Waals surface area contributed by atoms with E-state index in [-0.39, 0.29) is 51.1 Å². The smallest absolute Gasteiger partial charge is 0.547 e. The van der Waals surface area contributed by atoms with Gasteiger partial charge in [0.15, 0.2) is 6.67 Å². The number of hydrogen-bond acceptors (Lipinski definition) is 10. The van der Waals surface area contributed by atoms with Gasteiger partial charge in [0.1, 0.15) is 22.3 Å². The monoisotopic (exact) mass is 618 g/mol. The second-order valence-electron chi connectivity index (χ2n) is 9.72. The van der Waals surface area contributed by atoms with Gasteiger partial charge in [-0.05, 0) is 44.2 Å². The second kappa shape index (κ2) is 13.2. The molecule has 0 aliphatic carbocycles. The molecule has 2 aliphatic rings. The van der Waals surface area contributed by atoms with Crippen molar-refractivity contribution < 1.29 is 45.4 Å². The summed E-state index contributed by atoms with van der Waals surface area (Å²) in [6.07, 6.45) is 5.05. The number of nitrogens with zero attached hydrogens (tertiary/aromatic N) is 8. The number of carbonyl (C=O) groups is 2. The van der Waals surface area contributed by atoms with Crippen molar-refractivity contribution >= 4 is 24.2 Å². The topological polar surface area (TPSA) is 129 Å². The van der Waals surface area contributed by atoms with Crippen molar-refractivity contribution in [3.8, 4) is 5.69 Å². The lowest BCUT2D eigenvalue weighted by molar-refractivity contribution is -0.0601. The summed E-state index contributed by atoms with van der Waals surface area (Å²) >= 11 is 0. The van der Waals surface area contributed by atoms with Gasteiger partial charge in [-0.2, -0.15) is 0 Å². The summed E-state index contributed by atoms with van der Waals surface area (Å²) in [6, 6.07) is 8.67. The minimum Gasteiger partial charge on any atom is -1.00 e. The Kier molecular flexibility index (Phi) is 9.59. The highest BCUT2D eigenvalue weighted by Gasteiger charge is 2.48. The number of halogens is 3. The quantitative estimate of drug-likeness (QED) is 0.238. The van der Waals surface area contributed by atoms with E-state index in [4.69, 9.17) is 9.47 Å². The van der Waals surface area contributed by atoms with Crippen molar-refractivity contribution in [2.75, 3.05) is 44.5 Å². The molecule has 1 fully saturated rings. The van der Waals surface area contributed by atoms with Gasteiger partial charge in [-0.15, -0.1) is 5.10 Å². The van der Waals surface area contributed by atoms with Crippen LogP contribution in [0.15, 0.2) is 60.0 Å². The van der Waals surface area contributed by atoms with Crippen molar-refractivity contribution in [3.05, 3.63) is 72.1 Å². The number of amides is 2. The van der Waals surface area contributed by atoms with Crippen LogP contribution < -0.4 is 17.3 Å². The van der Waals surface area contributed by atoms with Crippen molar-refractivity contribution in [1.29, 1.82) is 0 Å². The van der Waals surface area contributed by atoms with Crippen LogP contribution in [0, 0.1) is 11.6 Å². The number of benzene rings is 2. The first kappa shape index (κ1) is 31.3. The highest BCUT2D eigenvalue weighted by Crippen LogP contribution is 2.35. The molecule has 228 valence electrons. The Bertz CT molecular complexity index is 1450. The average molecular weight is 619 g/mol. The maximum Gasteiger partial charge on any atom is 0.547 e. The first-order valence-electron chi connectivity index (χ1n) is 13.2. The molecule has 2 atom stereocenters. The number of anilines is 1. The predicted octanol–water partition coefficient (Wildman–Crippen LogP) is -0.406. The summed E-state index contributed by atoms with van der Waals surface area (Å²) in [5.41, 5.74) is -0.829. The zero-order valence-electron chi connectivity index (χ0n) is 23.3. The van der Waals surface area contributed by atoms with Gasteiger partial charge in [-0.3, -0.25) is 4.90 Å². The van der Waals surface area contributed by atoms with E-state index in [9.17, 15) is 19.1 Å². The maximum atomic E-state index is 15.1. The molecule has 0 saturated carbocycles. The second-order valence-corrected chi connectivity index (χ2v) is 9.72. The SMILES string of the molecule is CCOC(=O)OCN1[C+]=NN(C[C@@](O)(c2ccc(F)cc2F)[C@@H](C)N2CCN(c3ccc(-n4ccnn4)cc3)C2=O)C1.[Cl-]. The van der Waals surface area contributed by atoms with Crippen molar-refractivity contribution in [3.63, 3.8) is 0 Å². The number of carbonyl (C=O) groups excluding carboxylic acids is 2. The molecule has 1 aromatic heterocycles. The van der Waals surface area contributed by atoms with Gasteiger partial charge in [0.05, 0.1) is 37.3 Å². The lowest BCUT2D eigenvalue weighted by Crippen LogP contribution is -3.00. The molecule has 3 heterocycles. The molecule has 0 spiro atoms. The third kappa shape index (κ3) is 6.58. The Morgan fingerprint density at radius 1 is 1.14 bits per heavy atom. The van der Waals surface area contributed by atoms with Crippen LogP contribution >= 0.6 is 0 Å². The molecular formula is C27H29ClF2N8O5. The van der Waals surface area contributed by atoms with E-state index in [1.807, 2.05) is 0 Å². The van der Waals surface area contributed by atoms with Crippen LogP contribution in [0.3, 0.4) is 0 Å². The van der Waals surface area contributed by atoms with Gasteiger partial charge in [0, 0.05) is 30.4 Å². The van der Waals surface area contributed by atoms with Gasteiger partial charge in [0.2, 0.25) is 6.73 Å². The van der Waals surface area contributed by atoms with Crippen LogP contribution in [0.25, 0.3) is 5.69 Å². The fourth-order valence-corrected chi connectivity index (χ4v) is 4.94. The molecule has 2 aromatic carbocycles. The highest BCUT2D eigenvalue weighted by molar-refractivity contribution is 5.94. The summed E-state index contributed by atoms with van der Waals surface area (Å²) in [4.78, 5) is 29.5. The molecular weight excluding hydrogens is 590 g/mol. The molecule has 43 heavy (non-hydrogen) atoms. The van der Waals surface area contributed by atoms with Crippen LogP contribution in [0.4, 0.5) is 24.1 Å². The summed E-state index contributed by atoms with van der Waals surface area (Å²) in [6.45, 7) is 3.50. The molecule has 2 amide bonds. The summed E-state index contributed by atoms with van der Waals surface area (Å²) in [7, 11) is 0. The Morgan fingerprint density at radius 2 is 1.88 bits per heavy atom. The summed E-state index contributed by atoms with van der Waals surface area (Å²) in [5.74, 6) is -1.77. The number of hydrazone groups is 1. The largest absolute Gasteiger partial charge is 1.00 e. The van der Waals surface area contributed by atoms with Gasteiger partial charge in [-0.1, -0.05) is 16.2 Å². The van der Waals surface area contributed by atoms with Gasteiger partial charge >= 0.3 is 18.5 Å². The fraction of sp³-hybridized carbons (Fsp3) is 0.370. The van der Waals surface area contributed by atoms with E-state index in [0.29, 0.717) is 18.3 Å². The van der Waals surface area contributed by atoms with Crippen molar-refractivity contribution in [2.45, 2.75) is 25.5 Å². The van der Waals surface area contributed by atoms with Gasteiger partial charge in [0.25, 0.3) is 0 Å². The molecule has 3 aromatic rings. The zero-order chi connectivity index (χ0) is 29.9. The number of ether oxygens (including phenoxy) is 2. The van der Waals surface area contributed by atoms with E-state index < -0.39 is 35.5 Å². The van der Waals surface area contributed by atoms with E-state index in [2.05, 4.69) is 21.8 Å². The molecule has 1 saturated heterocycles. The first-order chi connectivity index (χ1) is 20.2. The first-order valence-corrected chi connectivity index (χ1v) is 13.2. The molecule has 1 N–H and O–H groups in total. The zero-order valence-corrected chi connectivity index (χ0v) is 24.1. The molecule has 2 aliphatic heterocycles. The van der Waals surface area contributed by atoms with Gasteiger partial charge < -0.3 is 31.9 Å². The van der Waals surface area contributed by atoms with E-state index in [1.54, 1.807) is 60.1 Å². The van der Waals surface area contributed by atoms with Gasteiger partial charge in [-0.25, -0.2) is 28.1 Å². The summed E-state index contributed by atoms with van der Waals surface area (Å²) in [5, 5.41) is 25.3. The Balaban J connectivity index is 0.00000423.